The summed E-state index contributed by atoms with van der Waals surface area (Å²) in [7, 11) is 0. The summed E-state index contributed by atoms with van der Waals surface area (Å²) in [4.78, 5) is 14.7. The zero-order valence-corrected chi connectivity index (χ0v) is 7.05. The molecule has 0 aromatic carbocycles. The lowest BCUT2D eigenvalue weighted by molar-refractivity contribution is 0.342. The van der Waals surface area contributed by atoms with Crippen molar-refractivity contribution < 1.29 is 5.11 Å². The molecule has 13 heavy (non-hydrogen) atoms. The number of nitrogens with two attached hydrogens (primary N) is 1. The maximum absolute atomic E-state index is 11.1. The lowest BCUT2D eigenvalue weighted by Crippen LogP contribution is -2.22. The molecule has 3 N–H and O–H groups in total. The summed E-state index contributed by atoms with van der Waals surface area (Å²) in [6, 6.07) is 1.55. The Morgan fingerprint density at radius 2 is 2.38 bits per heavy atom. The van der Waals surface area contributed by atoms with Crippen molar-refractivity contribution in [1.29, 1.82) is 0 Å². The summed E-state index contributed by atoms with van der Waals surface area (Å²) in [5.41, 5.74) is 4.91. The summed E-state index contributed by atoms with van der Waals surface area (Å²) in [6.45, 7) is 0.365. The zero-order valence-electron chi connectivity index (χ0n) is 7.05. The highest BCUT2D eigenvalue weighted by Gasteiger charge is 1.93. The van der Waals surface area contributed by atoms with E-state index in [-0.39, 0.29) is 18.1 Å². The molecule has 0 radical (unpaired) electrons. The van der Waals surface area contributed by atoms with Crippen LogP contribution in [-0.4, -0.2) is 21.3 Å². The van der Waals surface area contributed by atoms with E-state index in [9.17, 15) is 4.79 Å². The van der Waals surface area contributed by atoms with Crippen molar-refractivity contribution in [3.05, 3.63) is 34.9 Å². The van der Waals surface area contributed by atoms with E-state index >= 15 is 0 Å². The lowest BCUT2D eigenvalue weighted by Gasteiger charge is -1.99. The van der Waals surface area contributed by atoms with Crippen molar-refractivity contribution in [2.24, 2.45) is 0 Å². The van der Waals surface area contributed by atoms with Crippen LogP contribution < -0.4 is 11.4 Å². The van der Waals surface area contributed by atoms with E-state index in [4.69, 9.17) is 10.8 Å². The monoisotopic (exact) mass is 181 g/mol. The number of aromatic nitrogens is 2. The normalized spacial score (nSPS) is 10.8. The molecule has 1 aromatic rings. The molecule has 0 aliphatic rings. The number of nitrogens with zero attached hydrogens (tertiary/aromatic N) is 2. The minimum Gasteiger partial charge on any atom is -0.392 e. The van der Waals surface area contributed by atoms with Crippen LogP contribution in [0.1, 0.15) is 0 Å². The Balaban J connectivity index is 2.78. The molecule has 0 unspecified atom stereocenters. The Bertz CT molecular complexity index is 357. The predicted octanol–water partition coefficient (Wildman–Crippen LogP) is -0.626. The summed E-state index contributed by atoms with van der Waals surface area (Å²) in [5.74, 6) is 0.215. The SMILES string of the molecule is Nc1ccn(C/C=C\CO)c(=O)n1. The first-order valence-electron chi connectivity index (χ1n) is 3.83. The van der Waals surface area contributed by atoms with Gasteiger partial charge in [0.2, 0.25) is 0 Å². The highest BCUT2D eigenvalue weighted by molar-refractivity contribution is 5.23. The number of aliphatic hydroxyl groups is 1. The molecule has 5 heteroatoms. The fourth-order valence-electron chi connectivity index (χ4n) is 0.844. The second-order valence-electron chi connectivity index (χ2n) is 2.44. The van der Waals surface area contributed by atoms with Crippen molar-refractivity contribution >= 4 is 5.82 Å². The number of hydrogen-bond donors (Lipinski definition) is 2. The number of anilines is 1. The van der Waals surface area contributed by atoms with Crippen molar-refractivity contribution in [1.82, 2.24) is 9.55 Å². The molecule has 1 rings (SSSR count). The van der Waals surface area contributed by atoms with Crippen molar-refractivity contribution in [2.75, 3.05) is 12.3 Å². The van der Waals surface area contributed by atoms with E-state index in [0.29, 0.717) is 6.54 Å². The van der Waals surface area contributed by atoms with Crippen LogP contribution in [0.25, 0.3) is 0 Å². The summed E-state index contributed by atoms with van der Waals surface area (Å²) >= 11 is 0. The minimum atomic E-state index is -0.386. The van der Waals surface area contributed by atoms with Crippen LogP contribution in [0.15, 0.2) is 29.2 Å². The van der Waals surface area contributed by atoms with Crippen LogP contribution in [0.2, 0.25) is 0 Å². The molecule has 0 fully saturated rings. The third-order valence-corrected chi connectivity index (χ3v) is 1.47. The average Bonchev–Trinajstić information content (AvgIpc) is 2.09. The lowest BCUT2D eigenvalue weighted by atomic mass is 10.5. The van der Waals surface area contributed by atoms with Crippen LogP contribution in [-0.2, 0) is 6.54 Å². The molecule has 0 bridgehead atoms. The first-order valence-corrected chi connectivity index (χ1v) is 3.83. The summed E-state index contributed by atoms with van der Waals surface area (Å²) in [5, 5.41) is 8.45. The summed E-state index contributed by atoms with van der Waals surface area (Å²) in [6.07, 6.45) is 4.80. The smallest absolute Gasteiger partial charge is 0.349 e. The first-order chi connectivity index (χ1) is 6.24. The number of allylic oxidation sites excluding steroid dienone is 1. The van der Waals surface area contributed by atoms with Crippen molar-refractivity contribution in [2.45, 2.75) is 6.54 Å². The van der Waals surface area contributed by atoms with Gasteiger partial charge in [-0.1, -0.05) is 12.2 Å². The predicted molar refractivity (Wildman–Crippen MR) is 49.1 cm³/mol. The van der Waals surface area contributed by atoms with Gasteiger partial charge in [0, 0.05) is 12.7 Å². The molecular weight excluding hydrogens is 170 g/mol. The van der Waals surface area contributed by atoms with Gasteiger partial charge in [-0.25, -0.2) is 4.79 Å². The van der Waals surface area contributed by atoms with Gasteiger partial charge < -0.3 is 10.8 Å². The van der Waals surface area contributed by atoms with Gasteiger partial charge in [0.15, 0.2) is 0 Å². The Labute approximate surface area is 75.1 Å². The topological polar surface area (TPSA) is 81.1 Å². The quantitative estimate of drug-likeness (QED) is 0.608. The van der Waals surface area contributed by atoms with E-state index in [2.05, 4.69) is 4.98 Å². The molecule has 5 nitrogen and oxygen atoms in total. The number of rotatable bonds is 3. The number of aliphatic hydroxyl groups excluding tert-OH is 1. The Morgan fingerprint density at radius 1 is 1.62 bits per heavy atom. The van der Waals surface area contributed by atoms with Gasteiger partial charge in [-0.2, -0.15) is 4.98 Å². The maximum atomic E-state index is 11.1. The fraction of sp³-hybridized carbons (Fsp3) is 0.250. The highest BCUT2D eigenvalue weighted by atomic mass is 16.2. The molecule has 70 valence electrons. The van der Waals surface area contributed by atoms with E-state index in [0.717, 1.165) is 0 Å². The van der Waals surface area contributed by atoms with Gasteiger partial charge in [-0.05, 0) is 6.07 Å². The Hall–Kier alpha value is -1.62. The largest absolute Gasteiger partial charge is 0.392 e. The molecule has 0 amide bonds. The van der Waals surface area contributed by atoms with Crippen molar-refractivity contribution in [3.8, 4) is 0 Å². The van der Waals surface area contributed by atoms with E-state index in [1.54, 1.807) is 24.4 Å². The van der Waals surface area contributed by atoms with Gasteiger partial charge in [-0.3, -0.25) is 4.57 Å². The van der Waals surface area contributed by atoms with Crippen LogP contribution in [0.3, 0.4) is 0 Å². The average molecular weight is 181 g/mol. The third kappa shape index (κ3) is 2.72. The molecule has 0 aliphatic carbocycles. The Morgan fingerprint density at radius 3 is 3.00 bits per heavy atom. The van der Waals surface area contributed by atoms with Crippen molar-refractivity contribution in [3.63, 3.8) is 0 Å². The second-order valence-corrected chi connectivity index (χ2v) is 2.44. The van der Waals surface area contributed by atoms with Gasteiger partial charge in [0.05, 0.1) is 6.61 Å². The molecule has 0 spiro atoms. The zero-order chi connectivity index (χ0) is 9.68. The number of nitrogen functional groups attached to an aromatic ring is 1. The molecule has 0 aliphatic heterocycles. The van der Waals surface area contributed by atoms with Gasteiger partial charge in [-0.15, -0.1) is 0 Å². The van der Waals surface area contributed by atoms with E-state index in [1.165, 1.54) is 4.57 Å². The van der Waals surface area contributed by atoms with E-state index in [1.807, 2.05) is 0 Å². The van der Waals surface area contributed by atoms with Crippen LogP contribution in [0.5, 0.6) is 0 Å². The van der Waals surface area contributed by atoms with E-state index < -0.39 is 0 Å². The van der Waals surface area contributed by atoms with Gasteiger partial charge in [0.1, 0.15) is 5.82 Å². The highest BCUT2D eigenvalue weighted by Crippen LogP contribution is 1.89. The number of hydrogen-bond acceptors (Lipinski definition) is 4. The molecule has 0 saturated heterocycles. The molecular formula is C8H11N3O2. The third-order valence-electron chi connectivity index (χ3n) is 1.47. The molecule has 0 saturated carbocycles. The van der Waals surface area contributed by atoms with Crippen LogP contribution >= 0.6 is 0 Å². The minimum absolute atomic E-state index is 0.0306. The maximum Gasteiger partial charge on any atom is 0.349 e. The van der Waals surface area contributed by atoms with Crippen LogP contribution in [0, 0.1) is 0 Å². The molecule has 1 aromatic heterocycles. The first kappa shape index (κ1) is 9.47. The Kier molecular flexibility index (Phi) is 3.22. The standard InChI is InChI=1S/C8H11N3O2/c9-7-3-5-11(8(13)10-7)4-1-2-6-12/h1-3,5,12H,4,6H2,(H2,9,10,13)/b2-1-. The van der Waals surface area contributed by atoms with Gasteiger partial charge >= 0.3 is 5.69 Å². The fourth-order valence-corrected chi connectivity index (χ4v) is 0.844. The molecule has 1 heterocycles. The van der Waals surface area contributed by atoms with Gasteiger partial charge in [0.25, 0.3) is 0 Å². The summed E-state index contributed by atoms with van der Waals surface area (Å²) < 4.78 is 1.39. The second kappa shape index (κ2) is 4.42. The molecule has 0 atom stereocenters. The van der Waals surface area contributed by atoms with Crippen LogP contribution in [0.4, 0.5) is 5.82 Å².